The Bertz CT molecular complexity index is 1200. The van der Waals surface area contributed by atoms with Crippen molar-refractivity contribution in [3.63, 3.8) is 0 Å². The van der Waals surface area contributed by atoms with Gasteiger partial charge in [0.2, 0.25) is 5.76 Å². The van der Waals surface area contributed by atoms with E-state index in [0.29, 0.717) is 36.0 Å². The largest absolute Gasteiger partial charge is 0.461 e. The smallest absolute Gasteiger partial charge is 0.273 e. The summed E-state index contributed by atoms with van der Waals surface area (Å²) in [6, 6.07) is 12.9. The number of hydrogen-bond acceptors (Lipinski definition) is 5. The molecule has 7 heteroatoms. The van der Waals surface area contributed by atoms with Gasteiger partial charge in [-0.2, -0.15) is 0 Å². The normalized spacial score (nSPS) is 11.3. The third-order valence-corrected chi connectivity index (χ3v) is 4.80. The van der Waals surface area contributed by atoms with Crippen LogP contribution in [0.25, 0.3) is 22.4 Å². The van der Waals surface area contributed by atoms with E-state index in [1.54, 1.807) is 12.1 Å². The van der Waals surface area contributed by atoms with Crippen molar-refractivity contribution in [1.82, 2.24) is 15.5 Å². The van der Waals surface area contributed by atoms with Crippen LogP contribution in [0.4, 0.5) is 0 Å². The molecule has 4 aromatic rings. The predicted octanol–water partition coefficient (Wildman–Crippen LogP) is 3.87. The highest BCUT2D eigenvalue weighted by Crippen LogP contribution is 2.21. The van der Waals surface area contributed by atoms with Crippen LogP contribution >= 0.6 is 0 Å². The second-order valence-electron chi connectivity index (χ2n) is 7.18. The maximum Gasteiger partial charge on any atom is 0.273 e. The maximum absolute atomic E-state index is 12.3. The van der Waals surface area contributed by atoms with Gasteiger partial charge in [-0.1, -0.05) is 25.1 Å². The molecule has 0 bridgehead atoms. The molecule has 4 rings (SSSR count). The van der Waals surface area contributed by atoms with Crippen molar-refractivity contribution in [2.24, 2.45) is 0 Å². The first-order valence-corrected chi connectivity index (χ1v) is 9.46. The monoisotopic (exact) mass is 391 g/mol. The zero-order chi connectivity index (χ0) is 20.4. The van der Waals surface area contributed by atoms with Crippen molar-refractivity contribution in [2.75, 3.05) is 6.54 Å². The summed E-state index contributed by atoms with van der Waals surface area (Å²) in [7, 11) is 0. The van der Waals surface area contributed by atoms with Crippen molar-refractivity contribution >= 4 is 16.8 Å². The van der Waals surface area contributed by atoms with Gasteiger partial charge in [-0.3, -0.25) is 9.59 Å². The molecular formula is C22H21N3O4. The number of furan rings is 1. The molecule has 0 aliphatic carbocycles. The molecule has 0 aliphatic rings. The molecular weight excluding hydrogens is 370 g/mol. The fourth-order valence-corrected chi connectivity index (χ4v) is 3.13. The molecule has 0 fully saturated rings. The van der Waals surface area contributed by atoms with E-state index in [9.17, 15) is 9.59 Å². The summed E-state index contributed by atoms with van der Waals surface area (Å²) in [5, 5.41) is 7.52. The Kier molecular flexibility index (Phi) is 5.03. The second kappa shape index (κ2) is 7.79. The lowest BCUT2D eigenvalue weighted by molar-refractivity contribution is 0.0945. The molecule has 3 aromatic heterocycles. The van der Waals surface area contributed by atoms with Gasteiger partial charge in [-0.15, -0.1) is 0 Å². The molecule has 29 heavy (non-hydrogen) atoms. The zero-order valence-corrected chi connectivity index (χ0v) is 16.2. The minimum absolute atomic E-state index is 0.148. The van der Waals surface area contributed by atoms with Crippen LogP contribution in [0.2, 0.25) is 0 Å². The quantitative estimate of drug-likeness (QED) is 0.519. The van der Waals surface area contributed by atoms with Gasteiger partial charge in [0, 0.05) is 23.7 Å². The minimum atomic E-state index is -0.370. The number of aromatic nitrogens is 2. The van der Waals surface area contributed by atoms with Gasteiger partial charge in [-0.25, -0.2) is 0 Å². The number of amides is 1. The first-order valence-electron chi connectivity index (χ1n) is 9.46. The van der Waals surface area contributed by atoms with Gasteiger partial charge in [0.05, 0.1) is 6.26 Å². The Morgan fingerprint density at radius 2 is 2.03 bits per heavy atom. The molecule has 2 N–H and O–H groups in total. The van der Waals surface area contributed by atoms with Crippen LogP contribution in [-0.2, 0) is 6.42 Å². The van der Waals surface area contributed by atoms with Crippen LogP contribution in [-0.4, -0.2) is 22.6 Å². The molecule has 0 atom stereocenters. The Labute approximate surface area is 166 Å². The molecule has 0 saturated heterocycles. The molecule has 0 spiro atoms. The Balaban J connectivity index is 1.43. The van der Waals surface area contributed by atoms with Gasteiger partial charge >= 0.3 is 0 Å². The Morgan fingerprint density at radius 1 is 1.17 bits per heavy atom. The van der Waals surface area contributed by atoms with E-state index in [2.05, 4.69) is 35.4 Å². The standard InChI is InChI=1S/C22H21N3O4/c1-13(2)14-5-6-17-16(10-14)11-15(21(26)24-17)7-8-23-22(27)18-12-20(29-25-18)19-4-3-9-28-19/h3-6,9-13H,7-8H2,1-2H3,(H,23,27)(H,24,26). The highest BCUT2D eigenvalue weighted by Gasteiger charge is 2.15. The van der Waals surface area contributed by atoms with Gasteiger partial charge in [0.25, 0.3) is 11.5 Å². The van der Waals surface area contributed by atoms with Gasteiger partial charge in [0.15, 0.2) is 11.5 Å². The topological polar surface area (TPSA) is 101 Å². The highest BCUT2D eigenvalue weighted by atomic mass is 16.5. The SMILES string of the molecule is CC(C)c1ccc2[nH]c(=O)c(CCNC(=O)c3cc(-c4ccco4)on3)cc2c1. The summed E-state index contributed by atoms with van der Waals surface area (Å²) >= 11 is 0. The van der Waals surface area contributed by atoms with E-state index < -0.39 is 0 Å². The summed E-state index contributed by atoms with van der Waals surface area (Å²) < 4.78 is 10.4. The second-order valence-corrected chi connectivity index (χ2v) is 7.18. The van der Waals surface area contributed by atoms with Crippen LogP contribution in [0, 0.1) is 0 Å². The molecule has 0 unspecified atom stereocenters. The van der Waals surface area contributed by atoms with Crippen molar-refractivity contribution < 1.29 is 13.7 Å². The number of pyridine rings is 1. The van der Waals surface area contributed by atoms with Crippen molar-refractivity contribution in [1.29, 1.82) is 0 Å². The van der Waals surface area contributed by atoms with E-state index in [4.69, 9.17) is 8.94 Å². The lowest BCUT2D eigenvalue weighted by Crippen LogP contribution is -2.27. The molecule has 7 nitrogen and oxygen atoms in total. The van der Waals surface area contributed by atoms with Gasteiger partial charge in [-0.05, 0) is 53.6 Å². The number of nitrogens with one attached hydrogen (secondary N) is 2. The summed E-state index contributed by atoms with van der Waals surface area (Å²) in [4.78, 5) is 27.5. The summed E-state index contributed by atoms with van der Waals surface area (Å²) in [5.74, 6) is 0.917. The predicted molar refractivity (Wildman–Crippen MR) is 109 cm³/mol. The van der Waals surface area contributed by atoms with Crippen LogP contribution in [0.1, 0.15) is 41.4 Å². The van der Waals surface area contributed by atoms with Crippen molar-refractivity contribution in [3.8, 4) is 11.5 Å². The van der Waals surface area contributed by atoms with Gasteiger partial charge in [0.1, 0.15) is 0 Å². The molecule has 1 aromatic carbocycles. The zero-order valence-electron chi connectivity index (χ0n) is 16.2. The first kappa shape index (κ1) is 18.7. The van der Waals surface area contributed by atoms with Crippen LogP contribution in [0.3, 0.4) is 0 Å². The number of H-pyrrole nitrogens is 1. The summed E-state index contributed by atoms with van der Waals surface area (Å²) in [6.45, 7) is 4.56. The van der Waals surface area contributed by atoms with Gasteiger partial charge < -0.3 is 19.2 Å². The minimum Gasteiger partial charge on any atom is -0.461 e. The first-order chi connectivity index (χ1) is 14.0. The number of benzene rings is 1. The van der Waals surface area contributed by atoms with Crippen LogP contribution in [0.5, 0.6) is 0 Å². The molecule has 1 amide bonds. The van der Waals surface area contributed by atoms with E-state index in [0.717, 1.165) is 10.9 Å². The number of fused-ring (bicyclic) bond motifs is 1. The third kappa shape index (κ3) is 3.99. The molecule has 0 aliphatic heterocycles. The number of hydrogen-bond donors (Lipinski definition) is 2. The summed E-state index contributed by atoms with van der Waals surface area (Å²) in [5.41, 5.74) is 2.65. The number of carbonyl (C=O) groups excluding carboxylic acids is 1. The number of aromatic amines is 1. The van der Waals surface area contributed by atoms with E-state index >= 15 is 0 Å². The fourth-order valence-electron chi connectivity index (χ4n) is 3.13. The number of rotatable bonds is 6. The highest BCUT2D eigenvalue weighted by molar-refractivity contribution is 5.92. The molecule has 148 valence electrons. The van der Waals surface area contributed by atoms with Crippen molar-refractivity contribution in [2.45, 2.75) is 26.2 Å². The van der Waals surface area contributed by atoms with E-state index in [-0.39, 0.29) is 17.2 Å². The Morgan fingerprint density at radius 3 is 2.79 bits per heavy atom. The van der Waals surface area contributed by atoms with Crippen LogP contribution < -0.4 is 10.9 Å². The van der Waals surface area contributed by atoms with E-state index in [1.165, 1.54) is 17.9 Å². The van der Waals surface area contributed by atoms with E-state index in [1.807, 2.05) is 18.2 Å². The average molecular weight is 391 g/mol. The molecule has 0 radical (unpaired) electrons. The van der Waals surface area contributed by atoms with Crippen molar-refractivity contribution in [3.05, 3.63) is 75.9 Å². The average Bonchev–Trinajstić information content (AvgIpc) is 3.39. The fraction of sp³-hybridized carbons (Fsp3) is 0.227. The summed E-state index contributed by atoms with van der Waals surface area (Å²) in [6.07, 6.45) is 1.93. The molecule has 3 heterocycles. The Hall–Kier alpha value is -3.61. The maximum atomic E-state index is 12.3. The lowest BCUT2D eigenvalue weighted by Gasteiger charge is -2.08. The third-order valence-electron chi connectivity index (χ3n) is 4.80. The van der Waals surface area contributed by atoms with Crippen LogP contribution in [0.15, 0.2) is 62.5 Å². The number of carbonyl (C=O) groups is 1. The molecule has 0 saturated carbocycles. The number of nitrogens with zero attached hydrogens (tertiary/aromatic N) is 1. The lowest BCUT2D eigenvalue weighted by atomic mass is 10.0.